The highest BCUT2D eigenvalue weighted by Crippen LogP contribution is 2.25. The topological polar surface area (TPSA) is 187 Å². The number of hydrogen-bond donors (Lipinski definition) is 0. The maximum atomic E-state index is 13.0. The molecule has 0 fully saturated rings. The van der Waals surface area contributed by atoms with Gasteiger partial charge in [-0.25, -0.2) is 14.4 Å². The molecule has 0 spiro atoms. The number of halogens is 6. The van der Waals surface area contributed by atoms with Crippen LogP contribution in [0.15, 0.2) is 18.2 Å². The van der Waals surface area contributed by atoms with Crippen molar-refractivity contribution in [1.82, 2.24) is 4.90 Å². The van der Waals surface area contributed by atoms with Gasteiger partial charge in [0.15, 0.2) is 6.79 Å². The predicted molar refractivity (Wildman–Crippen MR) is 177 cm³/mol. The fraction of sp³-hybridized carbons (Fsp3) is 0.700. The maximum absolute atomic E-state index is 13.0. The van der Waals surface area contributed by atoms with E-state index in [0.717, 1.165) is 5.56 Å². The van der Waals surface area contributed by atoms with Crippen LogP contribution in [0.4, 0.5) is 35.9 Å². The van der Waals surface area contributed by atoms with E-state index in [-0.39, 0.29) is 13.2 Å². The van der Waals surface area contributed by atoms with Crippen LogP contribution in [0.5, 0.6) is 5.75 Å². The largest absolute Gasteiger partial charge is 0.523 e. The van der Waals surface area contributed by atoms with Gasteiger partial charge >= 0.3 is 49.4 Å². The molecule has 0 saturated heterocycles. The number of rotatable bonds is 10. The Morgan fingerprint density at radius 2 is 1.15 bits per heavy atom. The summed E-state index contributed by atoms with van der Waals surface area (Å²) in [6.45, 7) is 18.2. The molecule has 53 heavy (non-hydrogen) atoms. The van der Waals surface area contributed by atoms with Gasteiger partial charge < -0.3 is 23.7 Å². The Bertz CT molecular complexity index is 1430. The van der Waals surface area contributed by atoms with Gasteiger partial charge in [-0.2, -0.15) is 48.1 Å². The SMILES string of the molecule is CC.CCOCOc1ccc(C)c(C[C@@H](C(=O)OC)N(C(=O)OC(C)(C)C)C(=O)OC(C)(C)C)c1.COS(=O)(=O)C(F)(F)F.COS(=O)(=O)C(F)(F)F. The molecule has 0 aliphatic rings. The molecule has 15 nitrogen and oxygen atoms in total. The van der Waals surface area contributed by atoms with Gasteiger partial charge in [-0.1, -0.05) is 19.9 Å². The summed E-state index contributed by atoms with van der Waals surface area (Å²) < 4.78 is 138. The fourth-order valence-electron chi connectivity index (χ4n) is 2.92. The van der Waals surface area contributed by atoms with Gasteiger partial charge in [-0.3, -0.25) is 8.37 Å². The van der Waals surface area contributed by atoms with Crippen molar-refractivity contribution in [2.45, 2.75) is 104 Å². The zero-order valence-corrected chi connectivity index (χ0v) is 33.3. The van der Waals surface area contributed by atoms with Gasteiger partial charge in [0.2, 0.25) is 0 Å². The molecule has 0 N–H and O–H groups in total. The van der Waals surface area contributed by atoms with Crippen LogP contribution >= 0.6 is 0 Å². The third-order valence-corrected chi connectivity index (χ3v) is 7.23. The second kappa shape index (κ2) is 22.7. The first-order chi connectivity index (χ1) is 23.8. The van der Waals surface area contributed by atoms with Crippen molar-refractivity contribution in [3.05, 3.63) is 29.3 Å². The molecule has 1 atom stereocenters. The van der Waals surface area contributed by atoms with Crippen molar-refractivity contribution in [1.29, 1.82) is 0 Å². The Morgan fingerprint density at radius 1 is 0.755 bits per heavy atom. The van der Waals surface area contributed by atoms with Crippen LogP contribution in [-0.4, -0.2) is 103 Å². The van der Waals surface area contributed by atoms with Gasteiger partial charge in [-0.05, 0) is 78.6 Å². The molecule has 0 aliphatic carbocycles. The second-order valence-corrected chi connectivity index (χ2v) is 15.0. The fourth-order valence-corrected chi connectivity index (χ4v) is 3.29. The number of carbonyl (C=O) groups is 3. The molecule has 0 unspecified atom stereocenters. The lowest BCUT2D eigenvalue weighted by Gasteiger charge is -2.32. The molecule has 0 aliphatic heterocycles. The average molecular weight is 826 g/mol. The van der Waals surface area contributed by atoms with E-state index in [1.807, 2.05) is 33.8 Å². The molecule has 0 bridgehead atoms. The normalized spacial score (nSPS) is 12.6. The molecule has 1 rings (SSSR count). The van der Waals surface area contributed by atoms with Crippen molar-refractivity contribution < 1.29 is 89.6 Å². The van der Waals surface area contributed by atoms with Crippen LogP contribution in [0.1, 0.15) is 73.4 Å². The summed E-state index contributed by atoms with van der Waals surface area (Å²) in [5.41, 5.74) is -10.9. The van der Waals surface area contributed by atoms with E-state index in [4.69, 9.17) is 23.7 Å². The Morgan fingerprint density at radius 3 is 1.43 bits per heavy atom. The lowest BCUT2D eigenvalue weighted by molar-refractivity contribution is -0.146. The molecule has 1 aromatic carbocycles. The quantitative estimate of drug-likeness (QED) is 0.0466. The monoisotopic (exact) mass is 825 g/mol. The number of aryl methyl sites for hydroxylation is 1. The Hall–Kier alpha value is -3.41. The number of ether oxygens (including phenoxy) is 5. The van der Waals surface area contributed by atoms with Crippen LogP contribution in [0.25, 0.3) is 0 Å². The number of nitrogens with zero attached hydrogens (tertiary/aromatic N) is 1. The molecule has 0 saturated carbocycles. The molecule has 0 heterocycles. The number of carbonyl (C=O) groups excluding carboxylic acids is 3. The van der Waals surface area contributed by atoms with Crippen LogP contribution < -0.4 is 4.74 Å². The molecule has 0 radical (unpaired) electrons. The first-order valence-electron chi connectivity index (χ1n) is 15.2. The van der Waals surface area contributed by atoms with Crippen LogP contribution in [0.2, 0.25) is 0 Å². The first-order valence-corrected chi connectivity index (χ1v) is 18.0. The highest BCUT2D eigenvalue weighted by Gasteiger charge is 2.47. The van der Waals surface area contributed by atoms with Crippen LogP contribution in [0.3, 0.4) is 0 Å². The van der Waals surface area contributed by atoms with Gasteiger partial charge in [0.25, 0.3) is 0 Å². The third-order valence-electron chi connectivity index (χ3n) is 5.22. The van der Waals surface area contributed by atoms with Gasteiger partial charge in [-0.15, -0.1) is 0 Å². The van der Waals surface area contributed by atoms with Gasteiger partial charge in [0, 0.05) is 13.0 Å². The highest BCUT2D eigenvalue weighted by atomic mass is 32.2. The number of imide groups is 1. The lowest BCUT2D eigenvalue weighted by atomic mass is 10.00. The summed E-state index contributed by atoms with van der Waals surface area (Å²) in [7, 11) is -8.59. The number of esters is 1. The zero-order chi connectivity index (χ0) is 42.8. The molecule has 23 heteroatoms. The van der Waals surface area contributed by atoms with Crippen molar-refractivity contribution in [3.8, 4) is 5.75 Å². The van der Waals surface area contributed by atoms with Crippen LogP contribution in [-0.2, 0) is 58.8 Å². The van der Waals surface area contributed by atoms with E-state index in [2.05, 4.69) is 8.37 Å². The number of benzene rings is 1. The highest BCUT2D eigenvalue weighted by molar-refractivity contribution is 7.87. The number of hydrogen-bond acceptors (Lipinski definition) is 14. The smallest absolute Gasteiger partial charge is 0.468 e. The minimum atomic E-state index is -5.34. The van der Waals surface area contributed by atoms with E-state index in [9.17, 15) is 57.6 Å². The van der Waals surface area contributed by atoms with Gasteiger partial charge in [0.1, 0.15) is 23.0 Å². The minimum absolute atomic E-state index is 0.0250. The summed E-state index contributed by atoms with van der Waals surface area (Å²) >= 11 is 0. The summed E-state index contributed by atoms with van der Waals surface area (Å²) in [6, 6.07) is 3.99. The van der Waals surface area contributed by atoms with E-state index >= 15 is 0 Å². The van der Waals surface area contributed by atoms with Crippen LogP contribution in [0, 0.1) is 6.92 Å². The standard InChI is InChI=1S/C24H37NO8.2C2H3F3O3S.C2H6/c1-10-30-15-31-18-12-11-16(2)17(13-18)14-19(20(26)29-9)25(21(27)32-23(3,4)5)22(28)33-24(6,7)8;2*1-8-9(6,7)2(3,4)5;1-2/h11-13,19H,10,14-15H2,1-9H3;2*1H3;1-2H3/t19-;;;/m0.../s1. The third kappa shape index (κ3) is 21.2. The predicted octanol–water partition coefficient (Wildman–Crippen LogP) is 6.62. The summed E-state index contributed by atoms with van der Waals surface area (Å²) in [5.74, 6) is -0.263. The molecular weight excluding hydrogens is 776 g/mol. The van der Waals surface area contributed by atoms with E-state index < -0.39 is 66.7 Å². The summed E-state index contributed by atoms with van der Waals surface area (Å²) in [4.78, 5) is 39.5. The first kappa shape index (κ1) is 53.9. The maximum Gasteiger partial charge on any atom is 0.523 e. The number of alkyl halides is 6. The summed E-state index contributed by atoms with van der Waals surface area (Å²) in [6.07, 6.45) is -2.04. The van der Waals surface area contributed by atoms with Gasteiger partial charge in [0.05, 0.1) is 21.3 Å². The van der Waals surface area contributed by atoms with Crippen molar-refractivity contribution in [2.75, 3.05) is 34.7 Å². The molecule has 1 aromatic rings. The van der Waals surface area contributed by atoms with Crippen molar-refractivity contribution in [3.63, 3.8) is 0 Å². The average Bonchev–Trinajstić information content (AvgIpc) is 3.00. The zero-order valence-electron chi connectivity index (χ0n) is 31.7. The Balaban J connectivity index is -0.00000102. The Kier molecular flexibility index (Phi) is 23.1. The van der Waals surface area contributed by atoms with E-state index in [0.29, 0.717) is 37.0 Å². The summed E-state index contributed by atoms with van der Waals surface area (Å²) in [5, 5.41) is 0. The Labute approximate surface area is 306 Å². The lowest BCUT2D eigenvalue weighted by Crippen LogP contribution is -2.53. The van der Waals surface area contributed by atoms with E-state index in [1.165, 1.54) is 7.11 Å². The molecule has 0 aromatic heterocycles. The van der Waals surface area contributed by atoms with E-state index in [1.54, 1.807) is 53.7 Å². The number of methoxy groups -OCH3 is 1. The minimum Gasteiger partial charge on any atom is -0.468 e. The van der Waals surface area contributed by atoms with Crippen molar-refractivity contribution in [2.24, 2.45) is 0 Å². The molecular formula is C30H49F6NO14S2. The second-order valence-electron chi connectivity index (χ2n) is 11.6. The van der Waals surface area contributed by atoms with Crippen molar-refractivity contribution >= 4 is 38.4 Å². The molecule has 2 amide bonds. The molecule has 312 valence electrons. The number of amides is 2.